The molecule has 1 aliphatic heterocycles. The minimum absolute atomic E-state index is 1.24. The number of hydrogen-bond acceptors (Lipinski definition) is 0. The molecule has 0 aliphatic carbocycles. The Bertz CT molecular complexity index is 869. The maximum absolute atomic E-state index is 7.21. The second-order valence-corrected chi connectivity index (χ2v) is 22.8. The van der Waals surface area contributed by atoms with E-state index in [9.17, 15) is 0 Å². The van der Waals surface area contributed by atoms with Crippen LogP contribution in [-0.2, 0) is 0 Å². The molecule has 0 saturated carbocycles. The van der Waals surface area contributed by atoms with Crippen LogP contribution in [0.5, 0.6) is 0 Å². The summed E-state index contributed by atoms with van der Waals surface area (Å²) in [5.74, 6) is 0. The Labute approximate surface area is 184 Å². The normalized spacial score (nSPS) is 15.0. The van der Waals surface area contributed by atoms with Gasteiger partial charge in [0.25, 0.3) is 0 Å². The highest BCUT2D eigenvalue weighted by Gasteiger charge is 2.67. The molecule has 0 unspecified atom stereocenters. The third kappa shape index (κ3) is 5.45. The van der Waals surface area contributed by atoms with Crippen molar-refractivity contribution in [3.63, 3.8) is 0 Å². The van der Waals surface area contributed by atoms with Crippen molar-refractivity contribution in [2.24, 2.45) is 0 Å². The second kappa shape index (κ2) is 9.09. The van der Waals surface area contributed by atoms with Gasteiger partial charge in [-0.05, 0) is 12.1 Å². The molecule has 0 amide bonds. The smallest absolute Gasteiger partial charge is 0.391 e. The van der Waals surface area contributed by atoms with E-state index in [4.69, 9.17) is 51.4 Å². The van der Waals surface area contributed by atoms with Crippen molar-refractivity contribution < 1.29 is 0 Å². The summed E-state index contributed by atoms with van der Waals surface area (Å²) in [7, 11) is 17.0. The number of rotatable bonds is 3. The van der Waals surface area contributed by atoms with Crippen LogP contribution in [0.3, 0.4) is 0 Å². The van der Waals surface area contributed by atoms with Gasteiger partial charge in [-0.25, -0.2) is 0 Å². The van der Waals surface area contributed by atoms with Crippen molar-refractivity contribution >= 4 is 83.4 Å². The van der Waals surface area contributed by atoms with Crippen molar-refractivity contribution in [2.75, 3.05) is 0 Å². The Morgan fingerprint density at radius 3 is 1.15 bits per heavy atom. The molecule has 0 aromatic heterocycles. The summed E-state index contributed by atoms with van der Waals surface area (Å²) in [5, 5.41) is 3.90. The van der Waals surface area contributed by atoms with Crippen LogP contribution in [0.4, 0.5) is 0 Å². The number of halogens is 5. The van der Waals surface area contributed by atoms with Gasteiger partial charge in [0.2, 0.25) is 6.62 Å². The first-order chi connectivity index (χ1) is 12.8. The van der Waals surface area contributed by atoms with Crippen LogP contribution in [0.15, 0.2) is 91.0 Å². The molecule has 0 atom stereocenters. The van der Waals surface area contributed by atoms with Crippen LogP contribution in [0.25, 0.3) is 10.6 Å². The van der Waals surface area contributed by atoms with Gasteiger partial charge in [0.05, 0.1) is 0 Å². The Kier molecular flexibility index (Phi) is 7.24. The molecule has 0 N–H and O–H groups in total. The van der Waals surface area contributed by atoms with E-state index in [-0.39, 0.29) is 0 Å². The van der Waals surface area contributed by atoms with E-state index in [0.29, 0.717) is 0 Å². The molecule has 4 rings (SSSR count). The van der Waals surface area contributed by atoms with Gasteiger partial charge in [-0.1, -0.05) is 78.9 Å². The lowest BCUT2D eigenvalue weighted by Gasteiger charge is -2.03. The van der Waals surface area contributed by atoms with Gasteiger partial charge in [0.1, 0.15) is 16.5 Å². The molecule has 138 valence electrons. The van der Waals surface area contributed by atoms with Gasteiger partial charge in [0, 0.05) is 11.1 Å². The average molecular weight is 491 g/mol. The molecule has 0 radical (unpaired) electrons. The zero-order valence-corrected chi connectivity index (χ0v) is 19.9. The van der Waals surface area contributed by atoms with Crippen LogP contribution < -0.4 is 5.30 Å². The highest BCUT2D eigenvalue weighted by atomic mass is 35.9. The van der Waals surface area contributed by atoms with Crippen LogP contribution in [0, 0.1) is 0 Å². The summed E-state index contributed by atoms with van der Waals surface area (Å²) in [5.41, 5.74) is 2.49. The van der Waals surface area contributed by atoms with Gasteiger partial charge in [-0.15, -0.1) is 0 Å². The van der Waals surface area contributed by atoms with Crippen molar-refractivity contribution in [3.05, 3.63) is 102 Å². The first-order valence-corrected chi connectivity index (χ1v) is 17.9. The monoisotopic (exact) mass is 488 g/mol. The van der Waals surface area contributed by atoms with Gasteiger partial charge < -0.3 is 40.2 Å². The summed E-state index contributed by atoms with van der Waals surface area (Å²) in [6, 6.07) is 31.5. The Morgan fingerprint density at radius 1 is 0.519 bits per heavy atom. The molecule has 1 aliphatic rings. The van der Waals surface area contributed by atoms with Crippen molar-refractivity contribution in [3.8, 4) is 0 Å². The fourth-order valence-electron chi connectivity index (χ4n) is 2.94. The van der Waals surface area contributed by atoms with E-state index >= 15 is 0 Å². The Morgan fingerprint density at radius 2 is 0.815 bits per heavy atom. The number of hydrogen-bond donors (Lipinski definition) is 0. The fourth-order valence-corrected chi connectivity index (χ4v) is 7.54. The highest BCUT2D eigenvalue weighted by molar-refractivity contribution is 8.26. The van der Waals surface area contributed by atoms with Crippen LogP contribution in [-0.4, -0.2) is 9.39 Å². The van der Waals surface area contributed by atoms with E-state index < -0.39 is 16.0 Å². The summed E-state index contributed by atoms with van der Waals surface area (Å²) >= 11 is 7.21. The minimum Gasteiger partial charge on any atom is -0.391 e. The zero-order chi connectivity index (χ0) is 19.5. The van der Waals surface area contributed by atoms with Crippen molar-refractivity contribution in [1.82, 2.24) is 0 Å². The quantitative estimate of drug-likeness (QED) is 0.255. The maximum Gasteiger partial charge on any atom is 0.564 e. The fraction of sp³-hybridized carbons (Fsp3) is 0. The maximum atomic E-state index is 7.21. The summed E-state index contributed by atoms with van der Waals surface area (Å²) < 4.78 is 0. The standard InChI is InChI=1S/C20H15ClP.Al.4ClH/c21-22(18-14-8-3-9-15-18)19(16-10-4-1-5-11-16)20(22)17-12-6-2-7-13-17;;;;;/h1-15H;;4*1H/q+1;+3;;;;/p-4. The largest absolute Gasteiger partial charge is 0.564 e. The van der Waals surface area contributed by atoms with Gasteiger partial charge in [-0.3, -0.25) is 0 Å². The van der Waals surface area contributed by atoms with Gasteiger partial charge in [-0.2, -0.15) is 0 Å². The lowest BCUT2D eigenvalue weighted by atomic mass is 10.1. The minimum atomic E-state index is -2.94. The Balaban J connectivity index is 0.000000376. The first kappa shape index (κ1) is 21.5. The first-order valence-electron chi connectivity index (χ1n) is 8.19. The summed E-state index contributed by atoms with van der Waals surface area (Å²) in [6.45, 7) is -1.88. The molecule has 27 heavy (non-hydrogen) atoms. The summed E-state index contributed by atoms with van der Waals surface area (Å²) in [4.78, 5) is 0. The zero-order valence-electron chi connectivity index (χ0n) is 14.1. The SMILES string of the molecule is Cl[P+]1(c2ccccc2)C(c2ccccc2)=C1c1ccccc1.[Cl][Al-]([Cl])([Cl])[Cl]. The van der Waals surface area contributed by atoms with Crippen LogP contribution in [0.2, 0.25) is 0 Å². The highest BCUT2D eigenvalue weighted by Crippen LogP contribution is 2.95. The predicted octanol–water partition coefficient (Wildman–Crippen LogP) is 8.40. The molecular weight excluding hydrogens is 475 g/mol. The van der Waals surface area contributed by atoms with Crippen molar-refractivity contribution in [1.29, 1.82) is 0 Å². The topological polar surface area (TPSA) is 0 Å². The molecule has 3 aromatic carbocycles. The molecule has 0 fully saturated rings. The predicted molar refractivity (Wildman–Crippen MR) is 128 cm³/mol. The molecule has 3 aromatic rings. The number of benzene rings is 3. The molecular formula is C20H15AlCl5P. The molecule has 0 bridgehead atoms. The molecule has 0 saturated heterocycles. The molecule has 0 nitrogen and oxygen atoms in total. The average Bonchev–Trinajstić information content (AvgIpc) is 3.30. The third-order valence-electron chi connectivity index (χ3n) is 4.00. The van der Waals surface area contributed by atoms with E-state index in [0.717, 1.165) is 0 Å². The van der Waals surface area contributed by atoms with Gasteiger partial charge in [0.15, 0.2) is 10.6 Å². The second-order valence-electron chi connectivity index (χ2n) is 5.85. The Hall–Kier alpha value is -0.188. The van der Waals surface area contributed by atoms with E-state index in [1.165, 1.54) is 27.1 Å². The molecule has 1 heterocycles. The lowest BCUT2D eigenvalue weighted by Crippen LogP contribution is -1.98. The van der Waals surface area contributed by atoms with Crippen molar-refractivity contribution in [2.45, 2.75) is 0 Å². The molecule has 7 heteroatoms. The molecule has 0 spiro atoms. The summed E-state index contributed by atoms with van der Waals surface area (Å²) in [6.07, 6.45) is 0. The van der Waals surface area contributed by atoms with E-state index in [1.54, 1.807) is 0 Å². The van der Waals surface area contributed by atoms with Gasteiger partial charge >= 0.3 is 9.39 Å². The third-order valence-corrected chi connectivity index (χ3v) is 8.58. The van der Waals surface area contributed by atoms with E-state index in [1.807, 2.05) is 18.2 Å². The van der Waals surface area contributed by atoms with E-state index in [2.05, 4.69) is 72.8 Å². The van der Waals surface area contributed by atoms with Crippen LogP contribution >= 0.6 is 58.1 Å². The van der Waals surface area contributed by atoms with Crippen LogP contribution in [0.1, 0.15) is 11.1 Å². The lowest BCUT2D eigenvalue weighted by molar-refractivity contribution is 1.65.